The van der Waals surface area contributed by atoms with Gasteiger partial charge in [0.05, 0.1) is 7.11 Å². The molecule has 142 valence electrons. The van der Waals surface area contributed by atoms with E-state index in [0.29, 0.717) is 17.0 Å². The van der Waals surface area contributed by atoms with Crippen molar-refractivity contribution in [2.75, 3.05) is 17.7 Å². The first-order valence-electron chi connectivity index (χ1n) is 8.77. The Morgan fingerprint density at radius 2 is 1.68 bits per heavy atom. The molecular weight excluding hydrogens is 354 g/mol. The van der Waals surface area contributed by atoms with Gasteiger partial charge in [-0.3, -0.25) is 14.6 Å². The fourth-order valence-electron chi connectivity index (χ4n) is 2.65. The molecule has 2 amide bonds. The van der Waals surface area contributed by atoms with Crippen molar-refractivity contribution < 1.29 is 14.3 Å². The second kappa shape index (κ2) is 8.35. The van der Waals surface area contributed by atoms with E-state index < -0.39 is 5.91 Å². The number of anilines is 2. The van der Waals surface area contributed by atoms with Crippen molar-refractivity contribution in [1.29, 1.82) is 0 Å². The van der Waals surface area contributed by atoms with Crippen molar-refractivity contribution >= 4 is 23.2 Å². The van der Waals surface area contributed by atoms with E-state index in [1.807, 2.05) is 32.0 Å². The minimum Gasteiger partial charge on any atom is -0.497 e. The molecule has 0 saturated heterocycles. The molecule has 1 heterocycles. The summed E-state index contributed by atoms with van der Waals surface area (Å²) in [6.45, 7) is 3.93. The highest BCUT2D eigenvalue weighted by atomic mass is 16.5. The number of pyridine rings is 1. The average molecular weight is 375 g/mol. The number of aromatic nitrogens is 1. The van der Waals surface area contributed by atoms with Gasteiger partial charge in [0.2, 0.25) is 0 Å². The van der Waals surface area contributed by atoms with Gasteiger partial charge >= 0.3 is 0 Å². The largest absolute Gasteiger partial charge is 0.497 e. The Morgan fingerprint density at radius 1 is 0.929 bits per heavy atom. The zero-order valence-corrected chi connectivity index (χ0v) is 15.9. The van der Waals surface area contributed by atoms with E-state index in [-0.39, 0.29) is 11.6 Å². The van der Waals surface area contributed by atoms with E-state index in [4.69, 9.17) is 4.74 Å². The highest BCUT2D eigenvalue weighted by molar-refractivity contribution is 6.08. The van der Waals surface area contributed by atoms with Crippen molar-refractivity contribution in [2.24, 2.45) is 0 Å². The lowest BCUT2D eigenvalue weighted by molar-refractivity contribution is 0.102. The molecule has 0 aliphatic carbocycles. The Hall–Kier alpha value is -3.67. The highest BCUT2D eigenvalue weighted by Crippen LogP contribution is 2.19. The summed E-state index contributed by atoms with van der Waals surface area (Å²) in [5.41, 5.74) is 3.96. The normalized spacial score (nSPS) is 10.2. The molecule has 2 N–H and O–H groups in total. The number of hydrogen-bond acceptors (Lipinski definition) is 4. The Kier molecular flexibility index (Phi) is 5.69. The minimum absolute atomic E-state index is 0.157. The molecule has 28 heavy (non-hydrogen) atoms. The standard InChI is InChI=1S/C22H21N3O3/c1-14-5-4-6-19(15(14)2)25-21(26)16-11-12-23-20(13-16)22(27)24-17-7-9-18(28-3)10-8-17/h4-13H,1-3H3,(H,24,27)(H,25,26). The van der Waals surface area contributed by atoms with Crippen LogP contribution in [-0.2, 0) is 0 Å². The zero-order valence-electron chi connectivity index (χ0n) is 15.9. The van der Waals surface area contributed by atoms with Crippen molar-refractivity contribution in [3.63, 3.8) is 0 Å². The first-order chi connectivity index (χ1) is 13.5. The van der Waals surface area contributed by atoms with Gasteiger partial charge in [-0.2, -0.15) is 0 Å². The summed E-state index contributed by atoms with van der Waals surface area (Å²) >= 11 is 0. The summed E-state index contributed by atoms with van der Waals surface area (Å²) in [5, 5.41) is 5.64. The van der Waals surface area contributed by atoms with Gasteiger partial charge in [0.25, 0.3) is 11.8 Å². The summed E-state index contributed by atoms with van der Waals surface area (Å²) in [4.78, 5) is 29.1. The average Bonchev–Trinajstić information content (AvgIpc) is 2.72. The molecule has 0 bridgehead atoms. The van der Waals surface area contributed by atoms with Crippen LogP contribution < -0.4 is 15.4 Å². The van der Waals surface area contributed by atoms with Crippen molar-refractivity contribution in [3.05, 3.63) is 83.2 Å². The molecule has 6 heteroatoms. The van der Waals surface area contributed by atoms with Gasteiger partial charge in [-0.1, -0.05) is 12.1 Å². The second-order valence-electron chi connectivity index (χ2n) is 6.31. The molecular formula is C22H21N3O3. The molecule has 3 aromatic rings. The third-order valence-corrected chi connectivity index (χ3v) is 4.46. The first kappa shape index (κ1) is 19.1. The third kappa shape index (κ3) is 4.35. The maximum atomic E-state index is 12.6. The molecule has 6 nitrogen and oxygen atoms in total. The topological polar surface area (TPSA) is 80.3 Å². The summed E-state index contributed by atoms with van der Waals surface area (Å²) in [5.74, 6) is 0.00221. The Bertz CT molecular complexity index is 1010. The molecule has 0 spiro atoms. The van der Waals surface area contributed by atoms with E-state index in [2.05, 4.69) is 15.6 Å². The number of rotatable bonds is 5. The second-order valence-corrected chi connectivity index (χ2v) is 6.31. The van der Waals surface area contributed by atoms with Crippen molar-refractivity contribution in [1.82, 2.24) is 4.98 Å². The maximum absolute atomic E-state index is 12.6. The van der Waals surface area contributed by atoms with Crippen LogP contribution in [0.5, 0.6) is 5.75 Å². The predicted octanol–water partition coefficient (Wildman–Crippen LogP) is 4.21. The molecule has 0 radical (unpaired) electrons. The van der Waals surface area contributed by atoms with Gasteiger partial charge in [-0.15, -0.1) is 0 Å². The van der Waals surface area contributed by atoms with Gasteiger partial charge < -0.3 is 15.4 Å². The summed E-state index contributed by atoms with van der Waals surface area (Å²) in [6, 6.07) is 15.7. The SMILES string of the molecule is COc1ccc(NC(=O)c2cc(C(=O)Nc3cccc(C)c3C)ccn2)cc1. The number of ether oxygens (including phenoxy) is 1. The lowest BCUT2D eigenvalue weighted by Gasteiger charge is -2.11. The maximum Gasteiger partial charge on any atom is 0.274 e. The number of carbonyl (C=O) groups is 2. The molecule has 2 aromatic carbocycles. The van der Waals surface area contributed by atoms with Gasteiger partial charge in [0, 0.05) is 23.1 Å². The Balaban J connectivity index is 1.74. The molecule has 1 aromatic heterocycles. The Labute approximate surface area is 163 Å². The molecule has 0 unspecified atom stereocenters. The molecule has 0 fully saturated rings. The number of carbonyl (C=O) groups excluding carboxylic acids is 2. The van der Waals surface area contributed by atoms with Crippen LogP contribution in [0.2, 0.25) is 0 Å². The smallest absolute Gasteiger partial charge is 0.274 e. The van der Waals surface area contributed by atoms with E-state index in [1.165, 1.54) is 12.3 Å². The van der Waals surface area contributed by atoms with Crippen molar-refractivity contribution in [2.45, 2.75) is 13.8 Å². The van der Waals surface area contributed by atoms with E-state index in [9.17, 15) is 9.59 Å². The number of nitrogens with one attached hydrogen (secondary N) is 2. The van der Waals surface area contributed by atoms with Crippen LogP contribution in [0.3, 0.4) is 0 Å². The molecule has 0 atom stereocenters. The number of methoxy groups -OCH3 is 1. The van der Waals surface area contributed by atoms with Gasteiger partial charge in [0.15, 0.2) is 0 Å². The molecule has 0 aliphatic rings. The molecule has 0 saturated carbocycles. The van der Waals surface area contributed by atoms with Gasteiger partial charge in [-0.25, -0.2) is 0 Å². The molecule has 3 rings (SSSR count). The van der Waals surface area contributed by atoms with E-state index in [1.54, 1.807) is 37.4 Å². The van der Waals surface area contributed by atoms with Crippen LogP contribution in [-0.4, -0.2) is 23.9 Å². The van der Waals surface area contributed by atoms with Crippen LogP contribution in [0.4, 0.5) is 11.4 Å². The van der Waals surface area contributed by atoms with Crippen LogP contribution >= 0.6 is 0 Å². The number of hydrogen-bond donors (Lipinski definition) is 2. The highest BCUT2D eigenvalue weighted by Gasteiger charge is 2.13. The van der Waals surface area contributed by atoms with E-state index in [0.717, 1.165) is 16.8 Å². The monoisotopic (exact) mass is 375 g/mol. The summed E-state index contributed by atoms with van der Waals surface area (Å²) < 4.78 is 5.10. The third-order valence-electron chi connectivity index (χ3n) is 4.46. The van der Waals surface area contributed by atoms with Crippen molar-refractivity contribution in [3.8, 4) is 5.75 Å². The zero-order chi connectivity index (χ0) is 20.1. The van der Waals surface area contributed by atoms with Crippen LogP contribution in [0.1, 0.15) is 32.0 Å². The predicted molar refractivity (Wildman–Crippen MR) is 109 cm³/mol. The van der Waals surface area contributed by atoms with Crippen LogP contribution in [0, 0.1) is 13.8 Å². The quantitative estimate of drug-likeness (QED) is 0.700. The lowest BCUT2D eigenvalue weighted by Crippen LogP contribution is -2.17. The van der Waals surface area contributed by atoms with Crippen LogP contribution in [0.15, 0.2) is 60.8 Å². The molecule has 0 aliphatic heterocycles. The number of amides is 2. The number of nitrogens with zero attached hydrogens (tertiary/aromatic N) is 1. The summed E-state index contributed by atoms with van der Waals surface area (Å²) in [7, 11) is 1.58. The van der Waals surface area contributed by atoms with Gasteiger partial charge in [-0.05, 0) is 67.4 Å². The van der Waals surface area contributed by atoms with Gasteiger partial charge in [0.1, 0.15) is 11.4 Å². The fraction of sp³-hybridized carbons (Fsp3) is 0.136. The number of benzene rings is 2. The number of aryl methyl sites for hydroxylation is 1. The summed E-state index contributed by atoms with van der Waals surface area (Å²) in [6.07, 6.45) is 1.45. The van der Waals surface area contributed by atoms with Crippen LogP contribution in [0.25, 0.3) is 0 Å². The first-order valence-corrected chi connectivity index (χ1v) is 8.77. The Morgan fingerprint density at radius 3 is 2.39 bits per heavy atom. The minimum atomic E-state index is -0.397. The fourth-order valence-corrected chi connectivity index (χ4v) is 2.65. The van der Waals surface area contributed by atoms with E-state index >= 15 is 0 Å². The lowest BCUT2D eigenvalue weighted by atomic mass is 10.1.